The van der Waals surface area contributed by atoms with Crippen LogP contribution in [0.4, 0.5) is 0 Å². The molecule has 0 fully saturated rings. The van der Waals surface area contributed by atoms with Crippen LogP contribution >= 0.6 is 22.6 Å². The molecular weight excluding hydrogens is 323 g/mol. The fraction of sp³-hybridized carbons (Fsp3) is 1.00. The molecule has 0 aliphatic carbocycles. The van der Waals surface area contributed by atoms with Crippen molar-refractivity contribution in [2.75, 3.05) is 19.8 Å². The topological polar surface area (TPSA) is 27.7 Å². The molecular formula is C10H23IO3Si. The summed E-state index contributed by atoms with van der Waals surface area (Å²) in [5.41, 5.74) is 0. The number of hydrogen-bond acceptors (Lipinski definition) is 3. The van der Waals surface area contributed by atoms with Gasteiger partial charge in [-0.05, 0) is 27.2 Å². The van der Waals surface area contributed by atoms with Crippen LogP contribution in [0.1, 0.15) is 34.1 Å². The number of alkyl halides is 1. The van der Waals surface area contributed by atoms with Crippen molar-refractivity contribution in [2.45, 2.75) is 44.1 Å². The lowest BCUT2D eigenvalue weighted by Crippen LogP contribution is -2.46. The van der Waals surface area contributed by atoms with E-state index >= 15 is 0 Å². The smallest absolute Gasteiger partial charge is 0.374 e. The molecule has 92 valence electrons. The fourth-order valence-corrected chi connectivity index (χ4v) is 5.06. The van der Waals surface area contributed by atoms with Gasteiger partial charge in [-0.2, -0.15) is 0 Å². The first-order valence-corrected chi connectivity index (χ1v) is 8.83. The Kier molecular flexibility index (Phi) is 9.41. The Hall–Kier alpha value is 0.827. The van der Waals surface area contributed by atoms with Crippen LogP contribution in [0.5, 0.6) is 0 Å². The van der Waals surface area contributed by atoms with Crippen molar-refractivity contribution >= 4 is 31.4 Å². The minimum Gasteiger partial charge on any atom is -0.374 e. The lowest BCUT2D eigenvalue weighted by Gasteiger charge is -2.28. The predicted octanol–water partition coefficient (Wildman–Crippen LogP) is 3.25. The first kappa shape index (κ1) is 15.8. The quantitative estimate of drug-likeness (QED) is 0.364. The highest BCUT2D eigenvalue weighted by Gasteiger charge is 2.39. The van der Waals surface area contributed by atoms with E-state index in [0.717, 1.165) is 12.5 Å². The van der Waals surface area contributed by atoms with Gasteiger partial charge in [0.25, 0.3) is 0 Å². The molecule has 0 saturated carbocycles. The molecule has 0 bridgehead atoms. The largest absolute Gasteiger partial charge is 0.500 e. The maximum absolute atomic E-state index is 5.75. The van der Waals surface area contributed by atoms with Crippen molar-refractivity contribution in [3.63, 3.8) is 0 Å². The summed E-state index contributed by atoms with van der Waals surface area (Å²) in [6.45, 7) is 10.2. The van der Waals surface area contributed by atoms with Gasteiger partial charge in [0, 0.05) is 29.8 Å². The Bertz CT molecular complexity index is 139. The molecule has 0 saturated heterocycles. The van der Waals surface area contributed by atoms with Gasteiger partial charge >= 0.3 is 8.80 Å². The summed E-state index contributed by atoms with van der Waals surface area (Å²) >= 11 is 2.42. The zero-order valence-corrected chi connectivity index (χ0v) is 13.4. The zero-order chi connectivity index (χ0) is 11.7. The van der Waals surface area contributed by atoms with E-state index in [-0.39, 0.29) is 0 Å². The molecule has 0 aromatic heterocycles. The van der Waals surface area contributed by atoms with E-state index in [4.69, 9.17) is 13.3 Å². The number of halogens is 1. The molecule has 5 heteroatoms. The second-order valence-electron chi connectivity index (χ2n) is 3.30. The summed E-state index contributed by atoms with van der Waals surface area (Å²) in [4.78, 5) is 0. The molecule has 0 aromatic rings. The third-order valence-electron chi connectivity index (χ3n) is 1.94. The van der Waals surface area contributed by atoms with E-state index in [1.807, 2.05) is 20.8 Å². The second kappa shape index (κ2) is 8.92. The van der Waals surface area contributed by atoms with Gasteiger partial charge in [0.15, 0.2) is 0 Å². The van der Waals surface area contributed by atoms with Crippen molar-refractivity contribution in [3.8, 4) is 0 Å². The molecule has 0 rings (SSSR count). The molecule has 0 aliphatic heterocycles. The molecule has 1 atom stereocenters. The van der Waals surface area contributed by atoms with Crippen LogP contribution in [0.15, 0.2) is 0 Å². The number of rotatable bonds is 9. The average molecular weight is 346 g/mol. The monoisotopic (exact) mass is 346 g/mol. The third-order valence-corrected chi connectivity index (χ3v) is 5.65. The van der Waals surface area contributed by atoms with Gasteiger partial charge in [-0.25, -0.2) is 0 Å². The third kappa shape index (κ3) is 6.88. The summed E-state index contributed by atoms with van der Waals surface area (Å²) in [6.07, 6.45) is 1.09. The van der Waals surface area contributed by atoms with Crippen LogP contribution in [0.25, 0.3) is 0 Å². The molecule has 0 spiro atoms. The summed E-state index contributed by atoms with van der Waals surface area (Å²) in [7, 11) is -2.36. The van der Waals surface area contributed by atoms with Crippen LogP contribution in [0.3, 0.4) is 0 Å². The Balaban J connectivity index is 4.31. The van der Waals surface area contributed by atoms with Crippen LogP contribution in [-0.4, -0.2) is 32.5 Å². The summed E-state index contributed by atoms with van der Waals surface area (Å²) in [6, 6.07) is 0.923. The minimum atomic E-state index is -2.36. The van der Waals surface area contributed by atoms with Crippen LogP contribution in [0.2, 0.25) is 6.04 Å². The van der Waals surface area contributed by atoms with Crippen molar-refractivity contribution in [1.29, 1.82) is 0 Å². The Morgan fingerprint density at radius 3 is 1.67 bits per heavy atom. The van der Waals surface area contributed by atoms with Crippen molar-refractivity contribution in [2.24, 2.45) is 0 Å². The van der Waals surface area contributed by atoms with Crippen molar-refractivity contribution in [1.82, 2.24) is 0 Å². The summed E-state index contributed by atoms with van der Waals surface area (Å²) in [5.74, 6) is 0. The fourth-order valence-electron chi connectivity index (χ4n) is 1.38. The summed E-state index contributed by atoms with van der Waals surface area (Å²) in [5, 5.41) is 0. The first-order chi connectivity index (χ1) is 7.10. The van der Waals surface area contributed by atoms with Crippen molar-refractivity contribution in [3.05, 3.63) is 0 Å². The SMILES string of the molecule is CCO[Si](CCC(C)I)(OCC)OCC. The Morgan fingerprint density at radius 1 is 1.00 bits per heavy atom. The molecule has 1 unspecified atom stereocenters. The molecule has 0 amide bonds. The van der Waals surface area contributed by atoms with Crippen LogP contribution < -0.4 is 0 Å². The molecule has 0 N–H and O–H groups in total. The van der Waals surface area contributed by atoms with Crippen LogP contribution in [0, 0.1) is 0 Å². The Labute approximate surface area is 108 Å². The molecule has 0 heterocycles. The lowest BCUT2D eigenvalue weighted by molar-refractivity contribution is 0.0709. The average Bonchev–Trinajstić information content (AvgIpc) is 2.16. The van der Waals surface area contributed by atoms with E-state index in [0.29, 0.717) is 23.7 Å². The molecule has 0 aliphatic rings. The van der Waals surface area contributed by atoms with E-state index in [1.165, 1.54) is 0 Å². The highest BCUT2D eigenvalue weighted by atomic mass is 127. The first-order valence-electron chi connectivity index (χ1n) is 5.66. The summed E-state index contributed by atoms with van der Waals surface area (Å²) < 4.78 is 17.9. The zero-order valence-electron chi connectivity index (χ0n) is 10.2. The predicted molar refractivity (Wildman–Crippen MR) is 73.5 cm³/mol. The standard InChI is InChI=1S/C10H23IO3Si/c1-5-12-15(13-6-2,14-7-3)9-8-10(4)11/h10H,5-9H2,1-4H3. The van der Waals surface area contributed by atoms with Gasteiger partial charge in [0.05, 0.1) is 0 Å². The molecule has 0 aromatic carbocycles. The van der Waals surface area contributed by atoms with E-state index in [2.05, 4.69) is 29.5 Å². The van der Waals surface area contributed by atoms with E-state index < -0.39 is 8.80 Å². The van der Waals surface area contributed by atoms with Crippen LogP contribution in [-0.2, 0) is 13.3 Å². The van der Waals surface area contributed by atoms with Gasteiger partial charge in [-0.3, -0.25) is 0 Å². The molecule has 15 heavy (non-hydrogen) atoms. The van der Waals surface area contributed by atoms with Gasteiger partial charge in [-0.1, -0.05) is 29.5 Å². The molecule has 3 nitrogen and oxygen atoms in total. The normalized spacial score (nSPS) is 14.2. The van der Waals surface area contributed by atoms with Gasteiger partial charge in [0.2, 0.25) is 0 Å². The van der Waals surface area contributed by atoms with Gasteiger partial charge in [0.1, 0.15) is 0 Å². The van der Waals surface area contributed by atoms with E-state index in [9.17, 15) is 0 Å². The van der Waals surface area contributed by atoms with Gasteiger partial charge < -0.3 is 13.3 Å². The number of hydrogen-bond donors (Lipinski definition) is 0. The van der Waals surface area contributed by atoms with Gasteiger partial charge in [-0.15, -0.1) is 0 Å². The van der Waals surface area contributed by atoms with Crippen molar-refractivity contribution < 1.29 is 13.3 Å². The lowest BCUT2D eigenvalue weighted by atomic mass is 10.4. The highest BCUT2D eigenvalue weighted by molar-refractivity contribution is 14.1. The second-order valence-corrected chi connectivity index (χ2v) is 8.16. The Morgan fingerprint density at radius 2 is 1.40 bits per heavy atom. The minimum absolute atomic E-state index is 0.635. The maximum atomic E-state index is 5.75. The van der Waals surface area contributed by atoms with E-state index in [1.54, 1.807) is 0 Å². The maximum Gasteiger partial charge on any atom is 0.500 e. The molecule has 0 radical (unpaired) electrons. The highest BCUT2D eigenvalue weighted by Crippen LogP contribution is 2.21.